The minimum Gasteiger partial charge on any atom is -0.501 e. The van der Waals surface area contributed by atoms with Crippen molar-refractivity contribution in [2.24, 2.45) is 0 Å². The zero-order valence-corrected chi connectivity index (χ0v) is 25.8. The molecule has 3 nitrogen and oxygen atoms in total. The Hall–Kier alpha value is -3.37. The third kappa shape index (κ3) is 5.81. The Kier molecular flexibility index (Phi) is 7.95. The van der Waals surface area contributed by atoms with Crippen molar-refractivity contribution < 1.29 is 24.5 Å². The maximum Gasteiger partial charge on any atom is 0.120 e. The van der Waals surface area contributed by atoms with Gasteiger partial charge < -0.3 is 14.4 Å². The normalized spacial score (nSPS) is 13.0. The molecule has 197 valence electrons. The van der Waals surface area contributed by atoms with Crippen LogP contribution in [0.4, 0.5) is 0 Å². The van der Waals surface area contributed by atoms with Gasteiger partial charge in [0.15, 0.2) is 0 Å². The molecular formula is C34H30IrN2OSi-2. The van der Waals surface area contributed by atoms with Gasteiger partial charge in [0.25, 0.3) is 0 Å². The smallest absolute Gasteiger partial charge is 0.120 e. The minimum absolute atomic E-state index is 0. The van der Waals surface area contributed by atoms with Crippen molar-refractivity contribution in [3.8, 4) is 22.5 Å². The van der Waals surface area contributed by atoms with Gasteiger partial charge in [-0.1, -0.05) is 72.2 Å². The summed E-state index contributed by atoms with van der Waals surface area (Å²) < 4.78 is 6.31. The first-order valence-electron chi connectivity index (χ1n) is 13.2. The van der Waals surface area contributed by atoms with E-state index in [-0.39, 0.29) is 20.1 Å². The zero-order chi connectivity index (χ0) is 26.1. The molecule has 0 aliphatic heterocycles. The van der Waals surface area contributed by atoms with Crippen LogP contribution >= 0.6 is 0 Å². The number of pyridine rings is 2. The zero-order valence-electron chi connectivity index (χ0n) is 22.4. The number of benzene rings is 3. The number of fused-ring (bicyclic) bond motifs is 3. The Bertz CT molecular complexity index is 1650. The van der Waals surface area contributed by atoms with E-state index in [9.17, 15) is 0 Å². The Balaban J connectivity index is 0.000000200. The van der Waals surface area contributed by atoms with Gasteiger partial charge >= 0.3 is 0 Å². The fourth-order valence-electron chi connectivity index (χ4n) is 4.89. The number of aromatic nitrogens is 2. The molecule has 1 aliphatic rings. The van der Waals surface area contributed by atoms with Gasteiger partial charge in [-0.3, -0.25) is 0 Å². The standard InChI is InChI=1S/C23H22NOSi.C11H8N.Ir/c1-26(2,3)21-9-5-8-20-22(21)18-7-4-6-17(23(18)25-20)19-13-12-16(14-24-19)15-10-11-15;1-2-6-10(7-3-1)11-8-4-5-9-12-11;/h4-5,7-9,12-15H,10-11H2,1-3H3;1-6,8-9H;/q2*-1;. The predicted molar refractivity (Wildman–Crippen MR) is 159 cm³/mol. The maximum atomic E-state index is 6.31. The molecule has 0 N–H and O–H groups in total. The summed E-state index contributed by atoms with van der Waals surface area (Å²) in [5, 5.41) is 3.90. The molecule has 0 unspecified atom stereocenters. The summed E-state index contributed by atoms with van der Waals surface area (Å²) >= 11 is 0. The van der Waals surface area contributed by atoms with E-state index in [1.165, 1.54) is 34.4 Å². The topological polar surface area (TPSA) is 38.9 Å². The van der Waals surface area contributed by atoms with E-state index in [1.54, 1.807) is 6.20 Å². The van der Waals surface area contributed by atoms with Crippen molar-refractivity contribution in [1.82, 2.24) is 9.97 Å². The van der Waals surface area contributed by atoms with Crippen molar-refractivity contribution in [1.29, 1.82) is 0 Å². The first-order chi connectivity index (χ1) is 18.5. The third-order valence-corrected chi connectivity index (χ3v) is 9.04. The summed E-state index contributed by atoms with van der Waals surface area (Å²) in [5.74, 6) is 0.724. The SMILES string of the molecule is C[Si](C)(C)c1cccc2oc3c(-c4ccc(C5CC5)cn4)[c-]ccc3c12.[Ir].[c-]1ccccc1-c1ccccn1. The van der Waals surface area contributed by atoms with Crippen molar-refractivity contribution >= 4 is 35.2 Å². The molecule has 7 rings (SSSR count). The Morgan fingerprint density at radius 3 is 2.31 bits per heavy atom. The molecule has 5 heteroatoms. The molecule has 3 heterocycles. The molecule has 1 fully saturated rings. The Morgan fingerprint density at radius 2 is 1.64 bits per heavy atom. The maximum absolute atomic E-state index is 6.31. The molecule has 39 heavy (non-hydrogen) atoms. The number of hydrogen-bond donors (Lipinski definition) is 0. The van der Waals surface area contributed by atoms with Gasteiger partial charge in [0.05, 0.1) is 13.7 Å². The van der Waals surface area contributed by atoms with Crippen LogP contribution in [0.5, 0.6) is 0 Å². The minimum atomic E-state index is -1.47. The average molecular weight is 703 g/mol. The van der Waals surface area contributed by atoms with Gasteiger partial charge in [-0.25, -0.2) is 0 Å². The Morgan fingerprint density at radius 1 is 0.795 bits per heavy atom. The summed E-state index contributed by atoms with van der Waals surface area (Å²) in [7, 11) is -1.47. The fourth-order valence-corrected chi connectivity index (χ4v) is 6.50. The first-order valence-corrected chi connectivity index (χ1v) is 16.7. The van der Waals surface area contributed by atoms with Crippen molar-refractivity contribution in [3.05, 3.63) is 115 Å². The van der Waals surface area contributed by atoms with Gasteiger partial charge in [0, 0.05) is 37.9 Å². The van der Waals surface area contributed by atoms with E-state index in [0.717, 1.165) is 39.6 Å². The van der Waals surface area contributed by atoms with E-state index in [2.05, 4.69) is 73.2 Å². The molecule has 0 spiro atoms. The van der Waals surface area contributed by atoms with Crippen molar-refractivity contribution in [2.45, 2.75) is 38.4 Å². The number of nitrogens with zero attached hydrogens (tertiary/aromatic N) is 2. The number of furan rings is 1. The van der Waals surface area contributed by atoms with Crippen LogP contribution in [0.25, 0.3) is 44.5 Å². The fraction of sp³-hybridized carbons (Fsp3) is 0.176. The largest absolute Gasteiger partial charge is 0.501 e. The number of hydrogen-bond acceptors (Lipinski definition) is 3. The second-order valence-electron chi connectivity index (χ2n) is 10.9. The van der Waals surface area contributed by atoms with Crippen LogP contribution in [-0.4, -0.2) is 18.0 Å². The second kappa shape index (κ2) is 11.4. The number of rotatable bonds is 4. The van der Waals surface area contributed by atoms with Crippen LogP contribution in [-0.2, 0) is 20.1 Å². The third-order valence-electron chi connectivity index (χ3n) is 7.01. The first kappa shape index (κ1) is 27.2. The monoisotopic (exact) mass is 703 g/mol. The summed E-state index contributed by atoms with van der Waals surface area (Å²) in [5.41, 5.74) is 7.13. The van der Waals surface area contributed by atoms with E-state index in [4.69, 9.17) is 9.40 Å². The van der Waals surface area contributed by atoms with Crippen LogP contribution in [0, 0.1) is 12.1 Å². The van der Waals surface area contributed by atoms with Crippen molar-refractivity contribution in [2.75, 3.05) is 0 Å². The molecule has 3 aromatic heterocycles. The molecular weight excluding hydrogens is 673 g/mol. The second-order valence-corrected chi connectivity index (χ2v) is 15.9. The predicted octanol–water partition coefficient (Wildman–Crippen LogP) is 8.42. The van der Waals surface area contributed by atoms with Gasteiger partial charge in [-0.05, 0) is 47.8 Å². The molecule has 0 amide bonds. The molecule has 0 saturated heterocycles. The quantitative estimate of drug-likeness (QED) is 0.137. The van der Waals surface area contributed by atoms with Crippen LogP contribution in [0.2, 0.25) is 19.6 Å². The van der Waals surface area contributed by atoms with E-state index in [0.29, 0.717) is 0 Å². The molecule has 1 saturated carbocycles. The van der Waals surface area contributed by atoms with E-state index < -0.39 is 8.07 Å². The molecule has 1 aliphatic carbocycles. The van der Waals surface area contributed by atoms with Gasteiger partial charge in [-0.15, -0.1) is 54.1 Å². The average Bonchev–Trinajstić information content (AvgIpc) is 3.73. The Labute approximate surface area is 244 Å². The van der Waals surface area contributed by atoms with Gasteiger partial charge in [0.1, 0.15) is 5.58 Å². The van der Waals surface area contributed by atoms with E-state index in [1.807, 2.05) is 54.7 Å². The summed E-state index contributed by atoms with van der Waals surface area (Å²) in [4.78, 5) is 8.94. The summed E-state index contributed by atoms with van der Waals surface area (Å²) in [6, 6.07) is 35.1. The van der Waals surface area contributed by atoms with Crippen molar-refractivity contribution in [3.63, 3.8) is 0 Å². The summed E-state index contributed by atoms with van der Waals surface area (Å²) in [6.07, 6.45) is 6.41. The van der Waals surface area contributed by atoms with Crippen LogP contribution < -0.4 is 5.19 Å². The van der Waals surface area contributed by atoms with Crippen LogP contribution in [0.15, 0.2) is 102 Å². The van der Waals surface area contributed by atoms with Crippen LogP contribution in [0.3, 0.4) is 0 Å². The molecule has 6 aromatic rings. The van der Waals surface area contributed by atoms with E-state index >= 15 is 0 Å². The van der Waals surface area contributed by atoms with Gasteiger partial charge in [-0.2, -0.15) is 0 Å². The van der Waals surface area contributed by atoms with Gasteiger partial charge in [0.2, 0.25) is 0 Å². The summed E-state index contributed by atoms with van der Waals surface area (Å²) in [6.45, 7) is 7.15. The molecule has 0 bridgehead atoms. The molecule has 1 radical (unpaired) electrons. The molecule has 0 atom stereocenters. The van der Waals surface area contributed by atoms with Crippen LogP contribution in [0.1, 0.15) is 24.3 Å². The molecule has 3 aromatic carbocycles.